The Balaban J connectivity index is 1.53. The largest absolute Gasteiger partial charge is 0.372 e. The van der Waals surface area contributed by atoms with Gasteiger partial charge in [0.25, 0.3) is 0 Å². The molecule has 1 N–H and O–H groups in total. The zero-order chi connectivity index (χ0) is 17.0. The highest BCUT2D eigenvalue weighted by Crippen LogP contribution is 2.24. The number of amides is 1. The number of rotatable bonds is 4. The summed E-state index contributed by atoms with van der Waals surface area (Å²) in [7, 11) is -2.92. The molecule has 132 valence electrons. The number of nitrogens with one attached hydrogen (secondary N) is 1. The van der Waals surface area contributed by atoms with Gasteiger partial charge in [-0.1, -0.05) is 12.8 Å². The quantitative estimate of drug-likeness (QED) is 0.907. The van der Waals surface area contributed by atoms with Gasteiger partial charge in [0.05, 0.1) is 11.5 Å². The molecule has 0 radical (unpaired) electrons. The second-order valence-electron chi connectivity index (χ2n) is 6.97. The average Bonchev–Trinajstić information content (AvgIpc) is 2.76. The summed E-state index contributed by atoms with van der Waals surface area (Å²) in [4.78, 5) is 14.5. The molecule has 0 bridgehead atoms. The molecule has 2 aliphatic rings. The van der Waals surface area contributed by atoms with Crippen LogP contribution in [0.4, 0.5) is 11.4 Å². The summed E-state index contributed by atoms with van der Waals surface area (Å²) in [5.41, 5.74) is 1.98. The number of carbonyl (C=O) groups is 1. The zero-order valence-corrected chi connectivity index (χ0v) is 14.9. The van der Waals surface area contributed by atoms with Crippen molar-refractivity contribution in [3.8, 4) is 0 Å². The van der Waals surface area contributed by atoms with Crippen molar-refractivity contribution in [2.45, 2.75) is 38.5 Å². The molecule has 2 heterocycles. The molecule has 0 aromatic heterocycles. The van der Waals surface area contributed by atoms with Gasteiger partial charge in [0.15, 0.2) is 9.84 Å². The standard InChI is InChI=1S/C18H26N2O3S/c21-18(13-15-9-12-24(22,23)14-15)19-16-5-7-17(8-6-16)20-10-3-1-2-4-11-20/h5-8,15H,1-4,9-14H2,(H,19,21). The van der Waals surface area contributed by atoms with E-state index in [0.717, 1.165) is 18.8 Å². The lowest BCUT2D eigenvalue weighted by Crippen LogP contribution is -2.23. The Morgan fingerprint density at radius 2 is 1.75 bits per heavy atom. The first-order valence-electron chi connectivity index (χ1n) is 8.87. The monoisotopic (exact) mass is 350 g/mol. The molecule has 1 unspecified atom stereocenters. The van der Waals surface area contributed by atoms with Gasteiger partial charge in [-0.15, -0.1) is 0 Å². The fourth-order valence-corrected chi connectivity index (χ4v) is 5.45. The van der Waals surface area contributed by atoms with Crippen LogP contribution in [-0.4, -0.2) is 38.9 Å². The summed E-state index contributed by atoms with van der Waals surface area (Å²) in [5, 5.41) is 2.89. The van der Waals surface area contributed by atoms with E-state index in [0.29, 0.717) is 6.42 Å². The molecule has 5 nitrogen and oxygen atoms in total. The molecule has 1 amide bonds. The summed E-state index contributed by atoms with van der Waals surface area (Å²) in [6, 6.07) is 7.98. The van der Waals surface area contributed by atoms with Crippen LogP contribution < -0.4 is 10.2 Å². The summed E-state index contributed by atoms with van der Waals surface area (Å²) >= 11 is 0. The number of benzene rings is 1. The molecule has 2 aliphatic heterocycles. The minimum Gasteiger partial charge on any atom is -0.372 e. The number of carbonyl (C=O) groups excluding carboxylic acids is 1. The SMILES string of the molecule is O=C(CC1CCS(=O)(=O)C1)Nc1ccc(N2CCCCCC2)cc1. The molecular formula is C18H26N2O3S. The summed E-state index contributed by atoms with van der Waals surface area (Å²) in [6.45, 7) is 2.20. The van der Waals surface area contributed by atoms with E-state index < -0.39 is 9.84 Å². The predicted molar refractivity (Wildman–Crippen MR) is 97.1 cm³/mol. The number of sulfone groups is 1. The van der Waals surface area contributed by atoms with Crippen LogP contribution in [0.1, 0.15) is 38.5 Å². The third-order valence-electron chi connectivity index (χ3n) is 4.92. The predicted octanol–water partition coefficient (Wildman–Crippen LogP) is 2.83. The van der Waals surface area contributed by atoms with Crippen molar-refractivity contribution in [3.05, 3.63) is 24.3 Å². The molecule has 1 aromatic carbocycles. The third kappa shape index (κ3) is 4.72. The Kier molecular flexibility index (Phi) is 5.43. The molecule has 3 rings (SSSR count). The van der Waals surface area contributed by atoms with Crippen LogP contribution >= 0.6 is 0 Å². The van der Waals surface area contributed by atoms with Gasteiger partial charge in [0.2, 0.25) is 5.91 Å². The molecule has 24 heavy (non-hydrogen) atoms. The average molecular weight is 350 g/mol. The summed E-state index contributed by atoms with van der Waals surface area (Å²) < 4.78 is 22.9. The Hall–Kier alpha value is -1.56. The number of nitrogens with zero attached hydrogens (tertiary/aromatic N) is 1. The van der Waals surface area contributed by atoms with E-state index in [-0.39, 0.29) is 29.8 Å². The van der Waals surface area contributed by atoms with Crippen molar-refractivity contribution in [2.24, 2.45) is 5.92 Å². The van der Waals surface area contributed by atoms with E-state index in [2.05, 4.69) is 22.3 Å². The molecule has 2 fully saturated rings. The van der Waals surface area contributed by atoms with Gasteiger partial charge in [-0.2, -0.15) is 0 Å². The first-order valence-corrected chi connectivity index (χ1v) is 10.7. The van der Waals surface area contributed by atoms with Crippen molar-refractivity contribution < 1.29 is 13.2 Å². The maximum atomic E-state index is 12.1. The van der Waals surface area contributed by atoms with Crippen molar-refractivity contribution >= 4 is 27.1 Å². The van der Waals surface area contributed by atoms with Gasteiger partial charge in [-0.3, -0.25) is 4.79 Å². The lowest BCUT2D eigenvalue weighted by atomic mass is 10.1. The molecule has 6 heteroatoms. The fraction of sp³-hybridized carbons (Fsp3) is 0.611. The Bertz CT molecular complexity index is 662. The zero-order valence-electron chi connectivity index (χ0n) is 14.0. The second kappa shape index (κ2) is 7.55. The van der Waals surface area contributed by atoms with Gasteiger partial charge < -0.3 is 10.2 Å². The van der Waals surface area contributed by atoms with E-state index >= 15 is 0 Å². The van der Waals surface area contributed by atoms with E-state index in [1.54, 1.807) is 0 Å². The Morgan fingerprint density at radius 1 is 1.08 bits per heavy atom. The summed E-state index contributed by atoms with van der Waals surface area (Å²) in [6.07, 6.45) is 5.98. The van der Waals surface area contributed by atoms with Gasteiger partial charge in [-0.25, -0.2) is 8.42 Å². The van der Waals surface area contributed by atoms with Crippen LogP contribution in [0.2, 0.25) is 0 Å². The van der Waals surface area contributed by atoms with Gasteiger partial charge in [-0.05, 0) is 49.4 Å². The van der Waals surface area contributed by atoms with Gasteiger partial charge in [0, 0.05) is 30.9 Å². The number of hydrogen-bond acceptors (Lipinski definition) is 4. The highest BCUT2D eigenvalue weighted by atomic mass is 32.2. The molecule has 2 saturated heterocycles. The maximum Gasteiger partial charge on any atom is 0.224 e. The van der Waals surface area contributed by atoms with Crippen molar-refractivity contribution in [1.29, 1.82) is 0 Å². The van der Waals surface area contributed by atoms with Crippen LogP contribution in [0.25, 0.3) is 0 Å². The lowest BCUT2D eigenvalue weighted by Gasteiger charge is -2.22. The summed E-state index contributed by atoms with van der Waals surface area (Å²) in [5.74, 6) is 0.232. The molecular weight excluding hydrogens is 324 g/mol. The van der Waals surface area contributed by atoms with Gasteiger partial charge >= 0.3 is 0 Å². The molecule has 1 aromatic rings. The molecule has 0 spiro atoms. The van der Waals surface area contributed by atoms with E-state index in [1.807, 2.05) is 12.1 Å². The van der Waals surface area contributed by atoms with Crippen LogP contribution in [0, 0.1) is 5.92 Å². The molecule has 1 atom stereocenters. The molecule has 0 saturated carbocycles. The minimum atomic E-state index is -2.92. The Morgan fingerprint density at radius 3 is 2.33 bits per heavy atom. The topological polar surface area (TPSA) is 66.5 Å². The fourth-order valence-electron chi connectivity index (χ4n) is 3.59. The Labute approximate surface area is 144 Å². The molecule has 0 aliphatic carbocycles. The third-order valence-corrected chi connectivity index (χ3v) is 6.76. The second-order valence-corrected chi connectivity index (χ2v) is 9.20. The first-order chi connectivity index (χ1) is 11.5. The highest BCUT2D eigenvalue weighted by molar-refractivity contribution is 7.91. The number of hydrogen-bond donors (Lipinski definition) is 1. The lowest BCUT2D eigenvalue weighted by molar-refractivity contribution is -0.116. The van der Waals surface area contributed by atoms with E-state index in [9.17, 15) is 13.2 Å². The normalized spacial score (nSPS) is 23.7. The minimum absolute atomic E-state index is 0.0358. The first kappa shape index (κ1) is 17.3. The van der Waals surface area contributed by atoms with Crippen LogP contribution in [0.15, 0.2) is 24.3 Å². The maximum absolute atomic E-state index is 12.1. The van der Waals surface area contributed by atoms with Crippen molar-refractivity contribution in [2.75, 3.05) is 34.8 Å². The van der Waals surface area contributed by atoms with E-state index in [1.165, 1.54) is 31.4 Å². The highest BCUT2D eigenvalue weighted by Gasteiger charge is 2.29. The smallest absolute Gasteiger partial charge is 0.224 e. The van der Waals surface area contributed by atoms with Crippen molar-refractivity contribution in [3.63, 3.8) is 0 Å². The van der Waals surface area contributed by atoms with Crippen molar-refractivity contribution in [1.82, 2.24) is 0 Å². The number of anilines is 2. The van der Waals surface area contributed by atoms with Crippen LogP contribution in [-0.2, 0) is 14.6 Å². The van der Waals surface area contributed by atoms with Gasteiger partial charge in [0.1, 0.15) is 0 Å². The van der Waals surface area contributed by atoms with Crippen LogP contribution in [0.3, 0.4) is 0 Å². The van der Waals surface area contributed by atoms with E-state index in [4.69, 9.17) is 0 Å². The van der Waals surface area contributed by atoms with Crippen LogP contribution in [0.5, 0.6) is 0 Å².